The molecule has 0 amide bonds. The summed E-state index contributed by atoms with van der Waals surface area (Å²) < 4.78 is 22.8. The molecule has 19 heavy (non-hydrogen) atoms. The van der Waals surface area contributed by atoms with Gasteiger partial charge in [-0.2, -0.15) is 0 Å². The van der Waals surface area contributed by atoms with E-state index in [0.717, 1.165) is 25.2 Å². The molecule has 0 spiro atoms. The molecular weight excluding hydrogens is 268 g/mol. The molecule has 2 rings (SSSR count). The normalized spacial score (nSPS) is 16.9. The first-order valence-electron chi connectivity index (χ1n) is 6.04. The van der Waals surface area contributed by atoms with Crippen molar-refractivity contribution in [1.82, 2.24) is 0 Å². The second kappa shape index (κ2) is 4.80. The Morgan fingerprint density at radius 3 is 2.53 bits per heavy atom. The van der Waals surface area contributed by atoms with Crippen LogP contribution in [0.15, 0.2) is 23.1 Å². The molecule has 1 fully saturated rings. The van der Waals surface area contributed by atoms with Crippen LogP contribution in [-0.4, -0.2) is 25.6 Å². The number of hydrogen-bond donors (Lipinski definition) is 1. The molecule has 1 N–H and O–H groups in total. The Morgan fingerprint density at radius 2 is 2.05 bits per heavy atom. The van der Waals surface area contributed by atoms with Crippen LogP contribution < -0.4 is 5.32 Å². The van der Waals surface area contributed by atoms with E-state index < -0.39 is 14.8 Å². The quantitative estimate of drug-likeness (QED) is 0.661. The SMILES string of the molecule is CC(Nc1ccc(S(C)(=O)=O)cc1[N+](=O)[O-])C1CC1. The number of benzene rings is 1. The van der Waals surface area contributed by atoms with Crippen LogP contribution in [0.4, 0.5) is 11.4 Å². The molecule has 1 aromatic rings. The summed E-state index contributed by atoms with van der Waals surface area (Å²) in [7, 11) is -3.44. The molecule has 0 saturated heterocycles. The van der Waals surface area contributed by atoms with Crippen molar-refractivity contribution in [2.45, 2.75) is 30.7 Å². The zero-order valence-corrected chi connectivity index (χ0v) is 11.6. The fourth-order valence-corrected chi connectivity index (χ4v) is 2.62. The summed E-state index contributed by atoms with van der Waals surface area (Å²) in [6.45, 7) is 1.98. The van der Waals surface area contributed by atoms with Crippen molar-refractivity contribution in [3.63, 3.8) is 0 Å². The Hall–Kier alpha value is -1.63. The fourth-order valence-electron chi connectivity index (χ4n) is 1.97. The van der Waals surface area contributed by atoms with Crippen molar-refractivity contribution in [3.8, 4) is 0 Å². The van der Waals surface area contributed by atoms with Crippen molar-refractivity contribution >= 4 is 21.2 Å². The third kappa shape index (κ3) is 3.23. The molecule has 1 aromatic carbocycles. The van der Waals surface area contributed by atoms with Gasteiger partial charge in [0, 0.05) is 18.4 Å². The highest BCUT2D eigenvalue weighted by molar-refractivity contribution is 7.90. The van der Waals surface area contributed by atoms with Gasteiger partial charge in [0.05, 0.1) is 9.82 Å². The lowest BCUT2D eigenvalue weighted by molar-refractivity contribution is -0.384. The molecule has 7 heteroatoms. The number of rotatable bonds is 5. The number of hydrogen-bond acceptors (Lipinski definition) is 5. The smallest absolute Gasteiger partial charge is 0.293 e. The molecule has 1 atom stereocenters. The predicted molar refractivity (Wildman–Crippen MR) is 72.0 cm³/mol. The Balaban J connectivity index is 2.35. The number of anilines is 1. The maximum atomic E-state index is 11.4. The van der Waals surface area contributed by atoms with Gasteiger partial charge in [-0.1, -0.05) is 0 Å². The van der Waals surface area contributed by atoms with Gasteiger partial charge >= 0.3 is 0 Å². The number of sulfone groups is 1. The van der Waals surface area contributed by atoms with Crippen LogP contribution in [0.5, 0.6) is 0 Å². The van der Waals surface area contributed by atoms with Crippen LogP contribution in [-0.2, 0) is 9.84 Å². The second-order valence-electron chi connectivity index (χ2n) is 4.98. The number of nitro benzene ring substituents is 1. The first-order valence-corrected chi connectivity index (χ1v) is 7.93. The maximum Gasteiger partial charge on any atom is 0.293 e. The summed E-state index contributed by atoms with van der Waals surface area (Å²) in [5.41, 5.74) is 0.173. The number of nitrogens with zero attached hydrogens (tertiary/aromatic N) is 1. The molecular formula is C12H16N2O4S. The van der Waals surface area contributed by atoms with Gasteiger partial charge in [-0.25, -0.2) is 8.42 Å². The highest BCUT2D eigenvalue weighted by atomic mass is 32.2. The van der Waals surface area contributed by atoms with Gasteiger partial charge in [0.1, 0.15) is 5.69 Å². The Morgan fingerprint density at radius 1 is 1.42 bits per heavy atom. The minimum atomic E-state index is -3.44. The van der Waals surface area contributed by atoms with Crippen LogP contribution in [0.3, 0.4) is 0 Å². The molecule has 104 valence electrons. The van der Waals surface area contributed by atoms with Gasteiger partial charge in [0.15, 0.2) is 9.84 Å². The third-order valence-electron chi connectivity index (χ3n) is 3.31. The van der Waals surface area contributed by atoms with E-state index in [1.807, 2.05) is 6.92 Å². The summed E-state index contributed by atoms with van der Waals surface area (Å²) in [4.78, 5) is 10.4. The molecule has 0 aromatic heterocycles. The van der Waals surface area contributed by atoms with Gasteiger partial charge in [-0.15, -0.1) is 0 Å². The van der Waals surface area contributed by atoms with E-state index >= 15 is 0 Å². The zero-order valence-electron chi connectivity index (χ0n) is 10.8. The van der Waals surface area contributed by atoms with E-state index in [-0.39, 0.29) is 16.6 Å². The number of nitrogens with one attached hydrogen (secondary N) is 1. The first-order chi connectivity index (χ1) is 8.79. The highest BCUT2D eigenvalue weighted by Gasteiger charge is 2.29. The van der Waals surface area contributed by atoms with Crippen LogP contribution in [0.1, 0.15) is 19.8 Å². The molecule has 0 bridgehead atoms. The highest BCUT2D eigenvalue weighted by Crippen LogP contribution is 2.36. The maximum absolute atomic E-state index is 11.4. The number of nitro groups is 1. The average Bonchev–Trinajstić information content (AvgIpc) is 3.11. The monoisotopic (exact) mass is 284 g/mol. The van der Waals surface area contributed by atoms with Gasteiger partial charge in [0.25, 0.3) is 5.69 Å². The van der Waals surface area contributed by atoms with Crippen LogP contribution >= 0.6 is 0 Å². The van der Waals surface area contributed by atoms with Gasteiger partial charge in [-0.3, -0.25) is 10.1 Å². The largest absolute Gasteiger partial charge is 0.377 e. The molecule has 6 nitrogen and oxygen atoms in total. The lowest BCUT2D eigenvalue weighted by Crippen LogP contribution is -2.18. The van der Waals surface area contributed by atoms with E-state index in [1.54, 1.807) is 0 Å². The lowest BCUT2D eigenvalue weighted by Gasteiger charge is -2.14. The first kappa shape index (κ1) is 13.8. The van der Waals surface area contributed by atoms with Crippen molar-refractivity contribution in [2.75, 3.05) is 11.6 Å². The summed E-state index contributed by atoms with van der Waals surface area (Å²) in [5.74, 6) is 0.550. The summed E-state index contributed by atoms with van der Waals surface area (Å²) in [6.07, 6.45) is 3.29. The summed E-state index contributed by atoms with van der Waals surface area (Å²) in [5, 5.41) is 14.1. The predicted octanol–water partition coefficient (Wildman–Crippen LogP) is 2.21. The van der Waals surface area contributed by atoms with E-state index in [1.165, 1.54) is 12.1 Å². The molecule has 1 aliphatic rings. The van der Waals surface area contributed by atoms with E-state index in [0.29, 0.717) is 11.6 Å². The lowest BCUT2D eigenvalue weighted by atomic mass is 10.2. The second-order valence-corrected chi connectivity index (χ2v) is 6.99. The van der Waals surface area contributed by atoms with Gasteiger partial charge in [0.2, 0.25) is 0 Å². The topological polar surface area (TPSA) is 89.3 Å². The Kier molecular flexibility index (Phi) is 3.49. The minimum Gasteiger partial charge on any atom is -0.377 e. The Bertz CT molecular complexity index is 608. The van der Waals surface area contributed by atoms with Crippen LogP contribution in [0.2, 0.25) is 0 Å². The molecule has 0 radical (unpaired) electrons. The molecule has 1 saturated carbocycles. The molecule has 1 aliphatic carbocycles. The fraction of sp³-hybridized carbons (Fsp3) is 0.500. The molecule has 1 unspecified atom stereocenters. The average molecular weight is 284 g/mol. The van der Waals surface area contributed by atoms with Gasteiger partial charge in [-0.05, 0) is 37.8 Å². The van der Waals surface area contributed by atoms with Crippen LogP contribution in [0, 0.1) is 16.0 Å². The molecule has 0 heterocycles. The zero-order chi connectivity index (χ0) is 14.2. The van der Waals surface area contributed by atoms with Gasteiger partial charge < -0.3 is 5.32 Å². The van der Waals surface area contributed by atoms with E-state index in [9.17, 15) is 18.5 Å². The van der Waals surface area contributed by atoms with Crippen molar-refractivity contribution in [2.24, 2.45) is 5.92 Å². The van der Waals surface area contributed by atoms with Crippen molar-refractivity contribution in [1.29, 1.82) is 0 Å². The third-order valence-corrected chi connectivity index (χ3v) is 4.42. The minimum absolute atomic E-state index is 0.0381. The van der Waals surface area contributed by atoms with Crippen molar-refractivity contribution in [3.05, 3.63) is 28.3 Å². The van der Waals surface area contributed by atoms with Crippen molar-refractivity contribution < 1.29 is 13.3 Å². The Labute approximate surface area is 111 Å². The van der Waals surface area contributed by atoms with E-state index in [4.69, 9.17) is 0 Å². The van der Waals surface area contributed by atoms with Crippen LogP contribution in [0.25, 0.3) is 0 Å². The molecule has 0 aliphatic heterocycles. The summed E-state index contributed by atoms with van der Waals surface area (Å²) >= 11 is 0. The van der Waals surface area contributed by atoms with E-state index in [2.05, 4.69) is 5.32 Å². The summed E-state index contributed by atoms with van der Waals surface area (Å²) in [6, 6.07) is 4.12. The standard InChI is InChI=1S/C12H16N2O4S/c1-8(9-3-4-9)13-11-6-5-10(19(2,17)18)7-12(11)14(15)16/h5-9,13H,3-4H2,1-2H3.